The molecule has 0 saturated carbocycles. The highest BCUT2D eigenvalue weighted by Gasteiger charge is 2.10. The van der Waals surface area contributed by atoms with E-state index in [9.17, 15) is 4.79 Å². The van der Waals surface area contributed by atoms with Gasteiger partial charge in [0.25, 0.3) is 0 Å². The van der Waals surface area contributed by atoms with E-state index >= 15 is 0 Å². The highest BCUT2D eigenvalue weighted by molar-refractivity contribution is 9.09. The lowest BCUT2D eigenvalue weighted by molar-refractivity contribution is 0.240. The quantitative estimate of drug-likeness (QED) is 0.629. The minimum Gasteiger partial charge on any atom is -0.396 e. The van der Waals surface area contributed by atoms with Crippen LogP contribution >= 0.6 is 15.9 Å². The number of hydrogen-bond donors (Lipinski definition) is 1. The summed E-state index contributed by atoms with van der Waals surface area (Å²) in [6.07, 6.45) is 3.73. The molecule has 14 heavy (non-hydrogen) atoms. The summed E-state index contributed by atoms with van der Waals surface area (Å²) >= 11 is 3.34. The lowest BCUT2D eigenvalue weighted by atomic mass is 10.1. The molecule has 5 heteroatoms. The minimum absolute atomic E-state index is 0.258. The molecule has 0 spiro atoms. The number of unbranched alkanes of at least 4 members (excludes halogenated alkanes) is 2. The van der Waals surface area contributed by atoms with Gasteiger partial charge in [0.2, 0.25) is 0 Å². The Morgan fingerprint density at radius 2 is 1.86 bits per heavy atom. The van der Waals surface area contributed by atoms with E-state index in [2.05, 4.69) is 20.3 Å². The van der Waals surface area contributed by atoms with Crippen molar-refractivity contribution in [1.29, 1.82) is 0 Å². The highest BCUT2D eigenvalue weighted by atomic mass is 79.9. The number of halogens is 1. The number of hydrogen-bond acceptors (Lipinski definition) is 4. The Labute approximate surface area is 90.0 Å². The minimum atomic E-state index is -0.732. The van der Waals surface area contributed by atoms with Gasteiger partial charge in [-0.2, -0.15) is 0 Å². The van der Waals surface area contributed by atoms with E-state index in [1.165, 1.54) is 0 Å². The summed E-state index contributed by atoms with van der Waals surface area (Å²) in [6, 6.07) is 0. The average molecular weight is 265 g/mol. The van der Waals surface area contributed by atoms with E-state index in [0.717, 1.165) is 24.6 Å². The van der Waals surface area contributed by atoms with Gasteiger partial charge < -0.3 is 13.9 Å². The summed E-state index contributed by atoms with van der Waals surface area (Å²) in [6.45, 7) is -0.278. The van der Waals surface area contributed by atoms with Crippen molar-refractivity contribution in [2.45, 2.75) is 32.3 Å². The van der Waals surface area contributed by atoms with E-state index in [4.69, 9.17) is 9.52 Å². The van der Waals surface area contributed by atoms with E-state index in [0.29, 0.717) is 12.2 Å². The second-order valence-corrected chi connectivity index (χ2v) is 3.75. The van der Waals surface area contributed by atoms with Crippen LogP contribution in [-0.2, 0) is 13.0 Å². The maximum absolute atomic E-state index is 10.7. The highest BCUT2D eigenvalue weighted by Crippen LogP contribution is 2.11. The van der Waals surface area contributed by atoms with E-state index in [-0.39, 0.29) is 12.4 Å². The fourth-order valence-corrected chi connectivity index (χ4v) is 1.60. The first kappa shape index (κ1) is 11.5. The van der Waals surface area contributed by atoms with Crippen molar-refractivity contribution in [3.8, 4) is 0 Å². The van der Waals surface area contributed by atoms with Gasteiger partial charge in [-0.05, 0) is 12.8 Å². The van der Waals surface area contributed by atoms with Gasteiger partial charge >= 0.3 is 5.82 Å². The summed E-state index contributed by atoms with van der Waals surface area (Å²) < 4.78 is 9.43. The predicted molar refractivity (Wildman–Crippen MR) is 54.5 cm³/mol. The molecule has 1 aromatic heterocycles. The van der Waals surface area contributed by atoms with E-state index in [1.54, 1.807) is 0 Å². The Hall–Kier alpha value is -0.550. The van der Waals surface area contributed by atoms with Crippen LogP contribution in [-0.4, -0.2) is 10.4 Å². The number of aryl methyl sites for hydroxylation is 1. The first-order valence-electron chi connectivity index (χ1n) is 4.56. The standard InChI is InChI=1S/C9H13BrO4/c10-5-3-1-2-4-7-8(6-11)14-9(12)13-7/h11H,1-6H2. The third kappa shape index (κ3) is 3.31. The van der Waals surface area contributed by atoms with Crippen molar-refractivity contribution in [2.75, 3.05) is 5.33 Å². The van der Waals surface area contributed by atoms with Crippen LogP contribution < -0.4 is 5.82 Å². The molecule has 0 radical (unpaired) electrons. The molecular formula is C9H13BrO4. The number of alkyl halides is 1. The zero-order valence-electron chi connectivity index (χ0n) is 7.79. The van der Waals surface area contributed by atoms with Crippen molar-refractivity contribution in [3.05, 3.63) is 22.1 Å². The first-order valence-corrected chi connectivity index (χ1v) is 5.68. The van der Waals surface area contributed by atoms with Gasteiger partial charge in [-0.3, -0.25) is 0 Å². The molecule has 0 saturated heterocycles. The van der Waals surface area contributed by atoms with Crippen LogP contribution in [0, 0.1) is 0 Å². The van der Waals surface area contributed by atoms with Crippen molar-refractivity contribution >= 4 is 15.9 Å². The van der Waals surface area contributed by atoms with E-state index in [1.807, 2.05) is 0 Å². The molecular weight excluding hydrogens is 252 g/mol. The van der Waals surface area contributed by atoms with Gasteiger partial charge in [0.15, 0.2) is 11.5 Å². The summed E-state index contributed by atoms with van der Waals surface area (Å²) in [5, 5.41) is 9.82. The largest absolute Gasteiger partial charge is 0.519 e. The Bertz CT molecular complexity index is 315. The van der Waals surface area contributed by atoms with Crippen molar-refractivity contribution in [1.82, 2.24) is 0 Å². The molecule has 1 rings (SSSR count). The fourth-order valence-electron chi connectivity index (χ4n) is 1.20. The van der Waals surface area contributed by atoms with Gasteiger partial charge in [0.05, 0.1) is 0 Å². The third-order valence-electron chi connectivity index (χ3n) is 1.91. The molecule has 1 heterocycles. The molecule has 0 amide bonds. The lowest BCUT2D eigenvalue weighted by Crippen LogP contribution is -1.90. The van der Waals surface area contributed by atoms with E-state index < -0.39 is 5.82 Å². The van der Waals surface area contributed by atoms with Crippen LogP contribution in [0.25, 0.3) is 0 Å². The Morgan fingerprint density at radius 1 is 1.14 bits per heavy atom. The van der Waals surface area contributed by atoms with Crippen molar-refractivity contribution in [2.24, 2.45) is 0 Å². The first-order chi connectivity index (χ1) is 6.77. The molecule has 0 fully saturated rings. The summed E-state index contributed by atoms with van der Waals surface area (Å²) in [4.78, 5) is 10.7. The number of aliphatic hydroxyl groups excluding tert-OH is 1. The molecule has 0 atom stereocenters. The summed E-state index contributed by atoms with van der Waals surface area (Å²) in [7, 11) is 0. The van der Waals surface area contributed by atoms with Gasteiger partial charge in [0, 0.05) is 11.8 Å². The maximum atomic E-state index is 10.7. The van der Waals surface area contributed by atoms with Gasteiger partial charge in [-0.25, -0.2) is 4.79 Å². The van der Waals surface area contributed by atoms with Gasteiger partial charge in [-0.1, -0.05) is 22.4 Å². The molecule has 0 bridgehead atoms. The molecule has 80 valence electrons. The SMILES string of the molecule is O=c1oc(CO)c(CCCCCBr)o1. The summed E-state index contributed by atoms with van der Waals surface area (Å²) in [5.41, 5.74) is 0. The zero-order valence-corrected chi connectivity index (χ0v) is 9.38. The monoisotopic (exact) mass is 264 g/mol. The molecule has 0 aromatic carbocycles. The van der Waals surface area contributed by atoms with Gasteiger partial charge in [0.1, 0.15) is 6.61 Å². The summed E-state index contributed by atoms with van der Waals surface area (Å²) in [5.74, 6) is 0.00505. The maximum Gasteiger partial charge on any atom is 0.519 e. The topological polar surface area (TPSA) is 63.6 Å². The molecule has 0 aliphatic rings. The van der Waals surface area contributed by atoms with Crippen LogP contribution in [0.4, 0.5) is 0 Å². The smallest absolute Gasteiger partial charge is 0.396 e. The molecule has 4 nitrogen and oxygen atoms in total. The Balaban J connectivity index is 2.45. The second kappa shape index (κ2) is 6.03. The molecule has 0 aliphatic heterocycles. The van der Waals surface area contributed by atoms with Crippen LogP contribution in [0.3, 0.4) is 0 Å². The number of rotatable bonds is 6. The molecule has 0 unspecified atom stereocenters. The normalized spacial score (nSPS) is 10.7. The molecule has 1 N–H and O–H groups in total. The number of aliphatic hydroxyl groups is 1. The molecule has 0 aliphatic carbocycles. The van der Waals surface area contributed by atoms with Crippen molar-refractivity contribution in [3.63, 3.8) is 0 Å². The van der Waals surface area contributed by atoms with Crippen LogP contribution in [0.2, 0.25) is 0 Å². The van der Waals surface area contributed by atoms with Crippen molar-refractivity contribution < 1.29 is 13.9 Å². The van der Waals surface area contributed by atoms with Crippen LogP contribution in [0.1, 0.15) is 30.8 Å². The fraction of sp³-hybridized carbons (Fsp3) is 0.667. The molecule has 1 aromatic rings. The third-order valence-corrected chi connectivity index (χ3v) is 2.47. The Kier molecular flexibility index (Phi) is 4.97. The lowest BCUT2D eigenvalue weighted by Gasteiger charge is -1.96. The van der Waals surface area contributed by atoms with Gasteiger partial charge in [-0.15, -0.1) is 0 Å². The zero-order chi connectivity index (χ0) is 10.4. The second-order valence-electron chi connectivity index (χ2n) is 2.96. The van der Waals surface area contributed by atoms with Crippen LogP contribution in [0.5, 0.6) is 0 Å². The Morgan fingerprint density at radius 3 is 2.50 bits per heavy atom. The average Bonchev–Trinajstić information content (AvgIpc) is 2.54. The van der Waals surface area contributed by atoms with Crippen LogP contribution in [0.15, 0.2) is 13.6 Å². The predicted octanol–water partition coefficient (Wildman–Crippen LogP) is 1.83.